The number of hydrogen-bond acceptors (Lipinski definition) is 2. The van der Waals surface area contributed by atoms with Gasteiger partial charge >= 0.3 is 0 Å². The maximum atomic E-state index is 12.6. The average Bonchev–Trinajstić information content (AvgIpc) is 2.61. The molecule has 132 valence electrons. The first-order valence-corrected chi connectivity index (χ1v) is 9.65. The third-order valence-corrected chi connectivity index (χ3v) is 5.22. The molecule has 24 heavy (non-hydrogen) atoms. The van der Waals surface area contributed by atoms with E-state index in [1.165, 1.54) is 19.3 Å². The fourth-order valence-electron chi connectivity index (χ4n) is 3.14. The van der Waals surface area contributed by atoms with Crippen LogP contribution in [0.25, 0.3) is 0 Å². The van der Waals surface area contributed by atoms with Crippen molar-refractivity contribution in [1.82, 2.24) is 10.2 Å². The Morgan fingerprint density at radius 2 is 1.83 bits per heavy atom. The SMILES string of the molecule is CCC(=O)N(Cc1ccc(Br)cc1)[C@H](C)C(=O)NC1CCCCC1. The monoisotopic (exact) mass is 394 g/mol. The van der Waals surface area contributed by atoms with Crippen molar-refractivity contribution in [1.29, 1.82) is 0 Å². The number of rotatable bonds is 6. The molecule has 2 amide bonds. The Balaban J connectivity index is 2.03. The van der Waals surface area contributed by atoms with E-state index in [-0.39, 0.29) is 17.9 Å². The zero-order valence-electron chi connectivity index (χ0n) is 14.6. The van der Waals surface area contributed by atoms with Crippen LogP contribution in [0.3, 0.4) is 0 Å². The minimum Gasteiger partial charge on any atom is -0.352 e. The van der Waals surface area contributed by atoms with Crippen LogP contribution in [0.2, 0.25) is 0 Å². The fraction of sp³-hybridized carbons (Fsp3) is 0.579. The van der Waals surface area contributed by atoms with E-state index in [0.717, 1.165) is 22.9 Å². The molecule has 1 saturated carbocycles. The van der Waals surface area contributed by atoms with E-state index in [9.17, 15) is 9.59 Å². The summed E-state index contributed by atoms with van der Waals surface area (Å²) in [5.74, 6) is -0.0370. The molecule has 2 rings (SSSR count). The second-order valence-corrected chi connectivity index (χ2v) is 7.44. The molecule has 0 spiro atoms. The fourth-order valence-corrected chi connectivity index (χ4v) is 3.41. The van der Waals surface area contributed by atoms with Gasteiger partial charge in [-0.2, -0.15) is 0 Å². The van der Waals surface area contributed by atoms with Crippen LogP contribution in [-0.4, -0.2) is 28.8 Å². The van der Waals surface area contributed by atoms with Gasteiger partial charge in [-0.25, -0.2) is 0 Å². The van der Waals surface area contributed by atoms with Crippen molar-refractivity contribution >= 4 is 27.7 Å². The van der Waals surface area contributed by atoms with Crippen LogP contribution in [0, 0.1) is 0 Å². The highest BCUT2D eigenvalue weighted by Gasteiger charge is 2.27. The molecule has 0 radical (unpaired) electrons. The molecule has 0 aliphatic heterocycles. The summed E-state index contributed by atoms with van der Waals surface area (Å²) >= 11 is 3.42. The van der Waals surface area contributed by atoms with Gasteiger partial charge in [0, 0.05) is 23.5 Å². The Kier molecular flexibility index (Phi) is 7.28. The highest BCUT2D eigenvalue weighted by molar-refractivity contribution is 9.10. The molecule has 0 unspecified atom stereocenters. The van der Waals surface area contributed by atoms with Gasteiger partial charge in [-0.15, -0.1) is 0 Å². The smallest absolute Gasteiger partial charge is 0.242 e. The van der Waals surface area contributed by atoms with E-state index < -0.39 is 6.04 Å². The largest absolute Gasteiger partial charge is 0.352 e. The van der Waals surface area contributed by atoms with Crippen molar-refractivity contribution < 1.29 is 9.59 Å². The van der Waals surface area contributed by atoms with E-state index in [1.807, 2.05) is 38.1 Å². The molecule has 1 aromatic carbocycles. The molecule has 5 heteroatoms. The van der Waals surface area contributed by atoms with Crippen molar-refractivity contribution in [3.05, 3.63) is 34.3 Å². The van der Waals surface area contributed by atoms with Crippen LogP contribution in [0.1, 0.15) is 57.9 Å². The van der Waals surface area contributed by atoms with Crippen LogP contribution in [-0.2, 0) is 16.1 Å². The van der Waals surface area contributed by atoms with E-state index >= 15 is 0 Å². The van der Waals surface area contributed by atoms with Crippen molar-refractivity contribution in [2.75, 3.05) is 0 Å². The van der Waals surface area contributed by atoms with E-state index in [0.29, 0.717) is 13.0 Å². The predicted molar refractivity (Wildman–Crippen MR) is 99.5 cm³/mol. The summed E-state index contributed by atoms with van der Waals surface area (Å²) in [5, 5.41) is 3.13. The van der Waals surface area contributed by atoms with Gasteiger partial charge in [0.1, 0.15) is 6.04 Å². The maximum Gasteiger partial charge on any atom is 0.242 e. The second kappa shape index (κ2) is 9.21. The first-order chi connectivity index (χ1) is 11.5. The lowest BCUT2D eigenvalue weighted by atomic mass is 9.95. The minimum absolute atomic E-state index is 0.00390. The first-order valence-electron chi connectivity index (χ1n) is 8.85. The Bertz CT molecular complexity index is 553. The molecule has 0 heterocycles. The summed E-state index contributed by atoms with van der Waals surface area (Å²) in [4.78, 5) is 26.6. The van der Waals surface area contributed by atoms with E-state index in [4.69, 9.17) is 0 Å². The van der Waals surface area contributed by atoms with Gasteiger partial charge in [-0.05, 0) is 37.5 Å². The number of carbonyl (C=O) groups is 2. The van der Waals surface area contributed by atoms with Crippen molar-refractivity contribution in [3.63, 3.8) is 0 Å². The van der Waals surface area contributed by atoms with Crippen molar-refractivity contribution in [3.8, 4) is 0 Å². The molecule has 1 atom stereocenters. The zero-order valence-corrected chi connectivity index (χ0v) is 16.1. The average molecular weight is 395 g/mol. The van der Waals surface area contributed by atoms with Crippen molar-refractivity contribution in [2.24, 2.45) is 0 Å². The summed E-state index contributed by atoms with van der Waals surface area (Å²) in [6, 6.07) is 7.67. The van der Waals surface area contributed by atoms with Crippen molar-refractivity contribution in [2.45, 2.75) is 71.0 Å². The Labute approximate surface area is 153 Å². The van der Waals surface area contributed by atoms with Gasteiger partial charge in [-0.1, -0.05) is 54.2 Å². The maximum absolute atomic E-state index is 12.6. The molecule has 1 aromatic rings. The lowest BCUT2D eigenvalue weighted by Gasteiger charge is -2.31. The Hall–Kier alpha value is -1.36. The number of nitrogens with one attached hydrogen (secondary N) is 1. The molecule has 0 saturated heterocycles. The third kappa shape index (κ3) is 5.33. The molecular formula is C19H27BrN2O2. The van der Waals surface area contributed by atoms with Gasteiger partial charge in [0.25, 0.3) is 0 Å². The predicted octanol–water partition coefficient (Wildman–Crippen LogP) is 4.03. The first kappa shape index (κ1) is 19.0. The van der Waals surface area contributed by atoms with Gasteiger partial charge < -0.3 is 10.2 Å². The molecule has 1 aliphatic rings. The summed E-state index contributed by atoms with van der Waals surface area (Å²) in [5.41, 5.74) is 1.03. The lowest BCUT2D eigenvalue weighted by Crippen LogP contribution is -2.50. The van der Waals surface area contributed by atoms with E-state index in [2.05, 4.69) is 21.2 Å². The number of carbonyl (C=O) groups excluding carboxylic acids is 2. The highest BCUT2D eigenvalue weighted by atomic mass is 79.9. The number of benzene rings is 1. The Morgan fingerprint density at radius 3 is 2.42 bits per heavy atom. The number of amides is 2. The number of hydrogen-bond donors (Lipinski definition) is 1. The zero-order chi connectivity index (χ0) is 17.5. The molecule has 0 aromatic heterocycles. The standard InChI is InChI=1S/C19H27BrN2O2/c1-3-18(23)22(13-15-9-11-16(20)12-10-15)14(2)19(24)21-17-7-5-4-6-8-17/h9-12,14,17H,3-8,13H2,1-2H3,(H,21,24)/t14-/m1/s1. The van der Waals surface area contributed by atoms with Crippen LogP contribution in [0.15, 0.2) is 28.7 Å². The van der Waals surface area contributed by atoms with Gasteiger partial charge in [0.15, 0.2) is 0 Å². The summed E-state index contributed by atoms with van der Waals surface area (Å²) in [7, 11) is 0. The third-order valence-electron chi connectivity index (χ3n) is 4.69. The van der Waals surface area contributed by atoms with Gasteiger partial charge in [-0.3, -0.25) is 9.59 Å². The normalized spacial score (nSPS) is 16.5. The molecular weight excluding hydrogens is 368 g/mol. The van der Waals surface area contributed by atoms with Crippen LogP contribution < -0.4 is 5.32 Å². The number of halogens is 1. The molecule has 1 N–H and O–H groups in total. The Morgan fingerprint density at radius 1 is 1.21 bits per heavy atom. The molecule has 4 nitrogen and oxygen atoms in total. The van der Waals surface area contributed by atoms with Crippen LogP contribution in [0.5, 0.6) is 0 Å². The van der Waals surface area contributed by atoms with Gasteiger partial charge in [0.2, 0.25) is 11.8 Å². The molecule has 1 aliphatic carbocycles. The van der Waals surface area contributed by atoms with Crippen LogP contribution in [0.4, 0.5) is 0 Å². The van der Waals surface area contributed by atoms with Gasteiger partial charge in [0.05, 0.1) is 0 Å². The summed E-state index contributed by atoms with van der Waals surface area (Å²) in [6.45, 7) is 4.12. The van der Waals surface area contributed by atoms with Crippen LogP contribution >= 0.6 is 15.9 Å². The topological polar surface area (TPSA) is 49.4 Å². The van der Waals surface area contributed by atoms with E-state index in [1.54, 1.807) is 4.90 Å². The minimum atomic E-state index is -0.456. The number of nitrogens with zero attached hydrogens (tertiary/aromatic N) is 1. The summed E-state index contributed by atoms with van der Waals surface area (Å²) in [6.07, 6.45) is 6.11. The second-order valence-electron chi connectivity index (χ2n) is 6.52. The highest BCUT2D eigenvalue weighted by Crippen LogP contribution is 2.19. The quantitative estimate of drug-likeness (QED) is 0.791. The summed E-state index contributed by atoms with van der Waals surface area (Å²) < 4.78 is 1.00. The molecule has 1 fully saturated rings. The lowest BCUT2D eigenvalue weighted by molar-refractivity contribution is -0.140. The molecule has 0 bridgehead atoms.